The van der Waals surface area contributed by atoms with Crippen LogP contribution in [0.25, 0.3) is 0 Å². The average Bonchev–Trinajstić information content (AvgIpc) is 3.12. The van der Waals surface area contributed by atoms with Crippen LogP contribution in [-0.2, 0) is 14.3 Å². The third-order valence-electron chi connectivity index (χ3n) is 3.93. The van der Waals surface area contributed by atoms with E-state index in [4.69, 9.17) is 9.47 Å². The maximum absolute atomic E-state index is 11.5. The van der Waals surface area contributed by atoms with E-state index in [2.05, 4.69) is 5.32 Å². The van der Waals surface area contributed by atoms with Crippen LogP contribution in [0.2, 0.25) is 0 Å². The molecule has 1 aliphatic carbocycles. The summed E-state index contributed by atoms with van der Waals surface area (Å²) in [6.45, 7) is 8.26. The lowest BCUT2D eigenvalue weighted by Gasteiger charge is -2.30. The number of rotatable bonds is 10. The second kappa shape index (κ2) is 6.87. The molecule has 5 heteroatoms. The molecule has 1 fully saturated rings. The summed E-state index contributed by atoms with van der Waals surface area (Å²) in [5.74, 6) is -0.808. The van der Waals surface area contributed by atoms with Crippen LogP contribution in [0.15, 0.2) is 0 Å². The van der Waals surface area contributed by atoms with Crippen LogP contribution >= 0.6 is 0 Å². The van der Waals surface area contributed by atoms with Gasteiger partial charge in [0.1, 0.15) is 5.54 Å². The molecule has 0 spiro atoms. The van der Waals surface area contributed by atoms with Gasteiger partial charge < -0.3 is 14.6 Å². The Kier molecular flexibility index (Phi) is 5.98. The number of carboxylic acids is 1. The molecule has 2 unspecified atom stereocenters. The number of hydrogen-bond acceptors (Lipinski definition) is 4. The molecule has 0 aromatic rings. The van der Waals surface area contributed by atoms with E-state index >= 15 is 0 Å². The van der Waals surface area contributed by atoms with Crippen LogP contribution in [0.4, 0.5) is 0 Å². The van der Waals surface area contributed by atoms with E-state index < -0.39 is 11.5 Å². The second-order valence-electron chi connectivity index (χ2n) is 6.66. The maximum Gasteiger partial charge on any atom is 0.323 e. The Hall–Kier alpha value is -0.650. The molecule has 0 aromatic carbocycles. The lowest BCUT2D eigenvalue weighted by molar-refractivity contribution is -0.146. The van der Waals surface area contributed by atoms with Crippen molar-refractivity contribution in [3.8, 4) is 0 Å². The molecule has 0 amide bonds. The Balaban J connectivity index is 2.38. The molecule has 1 rings (SSSR count). The molecule has 1 aliphatic rings. The smallest absolute Gasteiger partial charge is 0.323 e. The predicted octanol–water partition coefficient (Wildman–Crippen LogP) is 2.19. The van der Waals surface area contributed by atoms with Gasteiger partial charge in [-0.3, -0.25) is 10.1 Å². The van der Waals surface area contributed by atoms with Crippen LogP contribution in [0.3, 0.4) is 0 Å². The van der Waals surface area contributed by atoms with Gasteiger partial charge in [0, 0.05) is 26.2 Å². The fraction of sp³-hybridized carbons (Fsp3) is 0.933. The number of carbonyl (C=O) groups is 1. The van der Waals surface area contributed by atoms with Crippen molar-refractivity contribution < 1.29 is 19.4 Å². The molecule has 0 aliphatic heterocycles. The van der Waals surface area contributed by atoms with Crippen molar-refractivity contribution >= 4 is 5.97 Å². The Morgan fingerprint density at radius 2 is 2.00 bits per heavy atom. The normalized spacial score (nSPS) is 20.4. The van der Waals surface area contributed by atoms with E-state index in [1.807, 2.05) is 20.8 Å². The zero-order valence-corrected chi connectivity index (χ0v) is 13.4. The molecule has 2 N–H and O–H groups in total. The topological polar surface area (TPSA) is 67.8 Å². The molecule has 0 saturated heterocycles. The summed E-state index contributed by atoms with van der Waals surface area (Å²) < 4.78 is 11.1. The van der Waals surface area contributed by atoms with Gasteiger partial charge >= 0.3 is 5.97 Å². The van der Waals surface area contributed by atoms with Crippen LogP contribution in [0.5, 0.6) is 0 Å². The van der Waals surface area contributed by atoms with Crippen molar-refractivity contribution in [2.24, 2.45) is 0 Å². The van der Waals surface area contributed by atoms with Crippen molar-refractivity contribution in [1.29, 1.82) is 0 Å². The van der Waals surface area contributed by atoms with Crippen molar-refractivity contribution in [3.05, 3.63) is 0 Å². The van der Waals surface area contributed by atoms with Crippen molar-refractivity contribution in [3.63, 3.8) is 0 Å². The Morgan fingerprint density at radius 1 is 1.40 bits per heavy atom. The van der Waals surface area contributed by atoms with E-state index in [9.17, 15) is 9.90 Å². The summed E-state index contributed by atoms with van der Waals surface area (Å²) >= 11 is 0. The number of hydrogen-bond donors (Lipinski definition) is 2. The number of nitrogens with one attached hydrogen (secondary N) is 1. The fourth-order valence-corrected chi connectivity index (χ4v) is 2.13. The van der Waals surface area contributed by atoms with Gasteiger partial charge in [-0.2, -0.15) is 0 Å². The first kappa shape index (κ1) is 17.4. The summed E-state index contributed by atoms with van der Waals surface area (Å²) in [5.41, 5.74) is -1.11. The fourth-order valence-electron chi connectivity index (χ4n) is 2.13. The van der Waals surface area contributed by atoms with Gasteiger partial charge in [0.15, 0.2) is 0 Å². The first-order valence-electron chi connectivity index (χ1n) is 7.36. The van der Waals surface area contributed by atoms with Crippen molar-refractivity contribution in [2.75, 3.05) is 13.7 Å². The number of carboxylic acid groups (broad SMARTS) is 1. The van der Waals surface area contributed by atoms with Crippen LogP contribution in [0, 0.1) is 0 Å². The van der Waals surface area contributed by atoms with Gasteiger partial charge in [-0.1, -0.05) is 0 Å². The Morgan fingerprint density at radius 3 is 2.45 bits per heavy atom. The molecule has 20 heavy (non-hydrogen) atoms. The largest absolute Gasteiger partial charge is 0.480 e. The molecule has 5 nitrogen and oxygen atoms in total. The molecule has 0 heterocycles. The summed E-state index contributed by atoms with van der Waals surface area (Å²) in [4.78, 5) is 11.5. The van der Waals surface area contributed by atoms with Gasteiger partial charge in [0.05, 0.1) is 11.7 Å². The third kappa shape index (κ3) is 5.77. The minimum Gasteiger partial charge on any atom is -0.480 e. The summed E-state index contributed by atoms with van der Waals surface area (Å²) in [5, 5.41) is 12.6. The second-order valence-corrected chi connectivity index (χ2v) is 6.66. The molecular formula is C15H29NO4. The maximum atomic E-state index is 11.5. The quantitative estimate of drug-likeness (QED) is 0.644. The molecule has 1 saturated carbocycles. The lowest BCUT2D eigenvalue weighted by Crippen LogP contribution is -2.52. The minimum absolute atomic E-state index is 0.102. The highest BCUT2D eigenvalue weighted by Gasteiger charge is 2.39. The Labute approximate surface area is 122 Å². The van der Waals surface area contributed by atoms with E-state index in [-0.39, 0.29) is 11.7 Å². The zero-order valence-electron chi connectivity index (χ0n) is 13.4. The van der Waals surface area contributed by atoms with Gasteiger partial charge in [-0.25, -0.2) is 0 Å². The minimum atomic E-state index is -0.905. The van der Waals surface area contributed by atoms with Crippen LogP contribution < -0.4 is 5.32 Å². The third-order valence-corrected chi connectivity index (χ3v) is 3.93. The summed E-state index contributed by atoms with van der Waals surface area (Å²) in [6.07, 6.45) is 3.29. The number of methoxy groups -OCH3 is 1. The number of aliphatic carboxylic acids is 1. The number of ether oxygens (including phenoxy) is 2. The molecule has 0 aromatic heterocycles. The first-order valence-corrected chi connectivity index (χ1v) is 7.36. The SMILES string of the molecule is COC(C)(C)CCOC(C)CC(C)(NC1CC1)C(=O)O. The molecule has 0 radical (unpaired) electrons. The van der Waals surface area contributed by atoms with Gasteiger partial charge in [0.25, 0.3) is 0 Å². The molecular weight excluding hydrogens is 258 g/mol. The summed E-state index contributed by atoms with van der Waals surface area (Å²) in [7, 11) is 1.69. The predicted molar refractivity (Wildman–Crippen MR) is 77.9 cm³/mol. The zero-order chi connectivity index (χ0) is 15.4. The highest BCUT2D eigenvalue weighted by Crippen LogP contribution is 2.25. The monoisotopic (exact) mass is 287 g/mol. The highest BCUT2D eigenvalue weighted by molar-refractivity contribution is 5.78. The van der Waals surface area contributed by atoms with Gasteiger partial charge in [0.2, 0.25) is 0 Å². The highest BCUT2D eigenvalue weighted by atomic mass is 16.5. The van der Waals surface area contributed by atoms with E-state index in [0.29, 0.717) is 19.1 Å². The molecule has 2 atom stereocenters. The van der Waals surface area contributed by atoms with Gasteiger partial charge in [-0.15, -0.1) is 0 Å². The van der Waals surface area contributed by atoms with Gasteiger partial charge in [-0.05, 0) is 47.0 Å². The van der Waals surface area contributed by atoms with E-state index in [1.165, 1.54) is 0 Å². The molecule has 118 valence electrons. The lowest BCUT2D eigenvalue weighted by atomic mass is 9.94. The Bertz CT molecular complexity index is 328. The molecule has 0 bridgehead atoms. The van der Waals surface area contributed by atoms with Crippen LogP contribution in [-0.4, -0.2) is 48.1 Å². The standard InChI is InChI=1S/C15H29NO4/c1-11(20-9-8-14(2,3)19-5)10-15(4,13(17)18)16-12-6-7-12/h11-12,16H,6-10H2,1-5H3,(H,17,18). The summed E-state index contributed by atoms with van der Waals surface area (Å²) in [6, 6.07) is 0.357. The van der Waals surface area contributed by atoms with Crippen molar-refractivity contribution in [1.82, 2.24) is 5.32 Å². The van der Waals surface area contributed by atoms with Crippen LogP contribution in [0.1, 0.15) is 53.4 Å². The average molecular weight is 287 g/mol. The van der Waals surface area contributed by atoms with E-state index in [1.54, 1.807) is 14.0 Å². The van der Waals surface area contributed by atoms with E-state index in [0.717, 1.165) is 19.3 Å². The van der Waals surface area contributed by atoms with Crippen molar-refractivity contribution in [2.45, 2.75) is 76.7 Å². The first-order chi connectivity index (χ1) is 9.18.